The Morgan fingerprint density at radius 3 is 2.12 bits per heavy atom. The molecule has 0 aliphatic carbocycles. The largest absolute Gasteiger partial charge is 0.460 e. The van der Waals surface area contributed by atoms with E-state index in [0.29, 0.717) is 31.6 Å². The fraction of sp³-hybridized carbons (Fsp3) is 0.769. The molecule has 2 aliphatic rings. The zero-order chi connectivity index (χ0) is 39.6. The number of amides is 6. The van der Waals surface area contributed by atoms with Crippen molar-refractivity contribution >= 4 is 41.4 Å². The van der Waals surface area contributed by atoms with E-state index in [-0.39, 0.29) is 24.3 Å². The van der Waals surface area contributed by atoms with Gasteiger partial charge in [-0.1, -0.05) is 73.8 Å². The summed E-state index contributed by atoms with van der Waals surface area (Å²) in [7, 11) is 3.06. The molecule has 8 atom stereocenters. The number of hydrogen-bond acceptors (Lipinski definition) is 8. The van der Waals surface area contributed by atoms with Crippen LogP contribution >= 0.6 is 0 Å². The second-order valence-corrected chi connectivity index (χ2v) is 15.8. The molecule has 0 aromatic carbocycles. The smallest absolute Gasteiger partial charge is 0.302 e. The third-order valence-electron chi connectivity index (χ3n) is 10.3. The van der Waals surface area contributed by atoms with E-state index in [2.05, 4.69) is 19.2 Å². The van der Waals surface area contributed by atoms with Gasteiger partial charge in [-0.05, 0) is 57.3 Å². The third kappa shape index (κ3) is 11.4. The molecule has 1 fully saturated rings. The topological polar surface area (TPSA) is 154 Å². The lowest BCUT2D eigenvalue weighted by molar-refractivity contribution is -0.157. The molecule has 0 aromatic heterocycles. The van der Waals surface area contributed by atoms with Crippen LogP contribution in [0.15, 0.2) is 12.2 Å². The summed E-state index contributed by atoms with van der Waals surface area (Å²) in [4.78, 5) is 99.8. The number of carbonyl (C=O) groups is 7. The van der Waals surface area contributed by atoms with Crippen molar-refractivity contribution in [2.24, 2.45) is 23.7 Å². The van der Waals surface area contributed by atoms with Crippen LogP contribution in [0.1, 0.15) is 114 Å². The molecule has 1 saturated heterocycles. The van der Waals surface area contributed by atoms with Crippen LogP contribution in [0.5, 0.6) is 0 Å². The Labute approximate surface area is 311 Å². The molecular weight excluding hydrogens is 666 g/mol. The van der Waals surface area contributed by atoms with Gasteiger partial charge < -0.3 is 24.8 Å². The van der Waals surface area contributed by atoms with Gasteiger partial charge in [0.25, 0.3) is 11.8 Å². The number of esters is 1. The number of imide groups is 1. The summed E-state index contributed by atoms with van der Waals surface area (Å²) in [6.45, 7) is 18.3. The molecule has 0 unspecified atom stereocenters. The Kier molecular flexibility index (Phi) is 17.0. The summed E-state index contributed by atoms with van der Waals surface area (Å²) < 4.78 is 5.43. The molecule has 6 amide bonds. The molecule has 0 radical (unpaired) electrons. The van der Waals surface area contributed by atoms with Crippen LogP contribution < -0.4 is 5.32 Å². The van der Waals surface area contributed by atoms with E-state index < -0.39 is 77.7 Å². The van der Waals surface area contributed by atoms with Gasteiger partial charge in [0.1, 0.15) is 30.3 Å². The highest BCUT2D eigenvalue weighted by molar-refractivity contribution is 6.06. The first-order chi connectivity index (χ1) is 24.2. The molecule has 2 heterocycles. The molecule has 52 heavy (non-hydrogen) atoms. The molecule has 2 rings (SSSR count). The minimum Gasteiger partial charge on any atom is -0.460 e. The van der Waals surface area contributed by atoms with Crippen molar-refractivity contribution in [3.63, 3.8) is 0 Å². The molecule has 0 saturated carbocycles. The third-order valence-corrected chi connectivity index (χ3v) is 10.3. The first-order valence-corrected chi connectivity index (χ1v) is 19.1. The Morgan fingerprint density at radius 1 is 0.962 bits per heavy atom. The minimum atomic E-state index is -1.38. The van der Waals surface area contributed by atoms with Gasteiger partial charge >= 0.3 is 5.97 Å². The van der Waals surface area contributed by atoms with Gasteiger partial charge in [-0.25, -0.2) is 0 Å². The summed E-state index contributed by atoms with van der Waals surface area (Å²) in [6, 6.07) is -4.62. The van der Waals surface area contributed by atoms with Gasteiger partial charge in [-0.15, -0.1) is 0 Å². The quantitative estimate of drug-likeness (QED) is 0.164. The van der Waals surface area contributed by atoms with Crippen molar-refractivity contribution in [3.05, 3.63) is 12.2 Å². The van der Waals surface area contributed by atoms with Crippen molar-refractivity contribution < 1.29 is 38.3 Å². The lowest BCUT2D eigenvalue weighted by Crippen LogP contribution is -2.62. The van der Waals surface area contributed by atoms with Crippen LogP contribution in [0.3, 0.4) is 0 Å². The standard InChI is InChI=1S/C39H65N5O8/c1-13-14-16-25(6)22-26(7)36(48)41(11)31(21-23(2)3)35(47)40-33(28(9)52-29(10)45)38(50)42(12)34(24(4)5)39(51)43-20-15-17-30(43)37(49)44-27(8)18-19-32(44)46/h18-19,23-28,30-31,33-34H,13-17,20-22H2,1-12H3,(H,40,47)/t25-,26+,27+,28-,30+,31-,33-,34-/m0/s1. The molecule has 0 spiro atoms. The zero-order valence-electron chi connectivity index (χ0n) is 33.6. The van der Waals surface area contributed by atoms with Gasteiger partial charge in [0, 0.05) is 39.6 Å². The molecule has 0 aromatic rings. The minimum absolute atomic E-state index is 0.0289. The van der Waals surface area contributed by atoms with Crippen LogP contribution in [-0.4, -0.2) is 118 Å². The van der Waals surface area contributed by atoms with E-state index in [1.807, 2.05) is 20.8 Å². The Balaban J connectivity index is 2.38. The first-order valence-electron chi connectivity index (χ1n) is 19.1. The van der Waals surface area contributed by atoms with Crippen molar-refractivity contribution in [1.29, 1.82) is 0 Å². The molecule has 13 nitrogen and oxygen atoms in total. The Morgan fingerprint density at radius 2 is 1.60 bits per heavy atom. The van der Waals surface area contributed by atoms with E-state index >= 15 is 0 Å². The fourth-order valence-corrected chi connectivity index (χ4v) is 7.49. The van der Waals surface area contributed by atoms with Crippen LogP contribution in [0.25, 0.3) is 0 Å². The highest BCUT2D eigenvalue weighted by atomic mass is 16.5. The number of ether oxygens (including phenoxy) is 1. The summed E-state index contributed by atoms with van der Waals surface area (Å²) >= 11 is 0. The first kappa shape index (κ1) is 44.4. The van der Waals surface area contributed by atoms with Gasteiger partial charge in [0.2, 0.25) is 23.6 Å². The predicted octanol–water partition coefficient (Wildman–Crippen LogP) is 3.94. The van der Waals surface area contributed by atoms with E-state index in [1.54, 1.807) is 33.9 Å². The summed E-state index contributed by atoms with van der Waals surface area (Å²) in [5.41, 5.74) is 0. The maximum Gasteiger partial charge on any atom is 0.302 e. The highest BCUT2D eigenvalue weighted by Crippen LogP contribution is 2.27. The second-order valence-electron chi connectivity index (χ2n) is 15.8. The average Bonchev–Trinajstić information content (AvgIpc) is 3.69. The lowest BCUT2D eigenvalue weighted by atomic mass is 9.91. The molecular formula is C39H65N5O8. The lowest BCUT2D eigenvalue weighted by Gasteiger charge is -2.38. The number of hydrogen-bond donors (Lipinski definition) is 1. The van der Waals surface area contributed by atoms with E-state index in [0.717, 1.165) is 24.2 Å². The van der Waals surface area contributed by atoms with E-state index in [9.17, 15) is 33.6 Å². The van der Waals surface area contributed by atoms with E-state index in [1.165, 1.54) is 41.7 Å². The van der Waals surface area contributed by atoms with E-state index in [4.69, 9.17) is 4.74 Å². The summed E-state index contributed by atoms with van der Waals surface area (Å²) in [5.74, 6) is -3.76. The summed E-state index contributed by atoms with van der Waals surface area (Å²) in [6.07, 6.45) is 6.99. The van der Waals surface area contributed by atoms with Gasteiger partial charge in [-0.2, -0.15) is 0 Å². The number of likely N-dealkylation sites (N-methyl/N-ethyl adjacent to an activating group) is 2. The Hall–Kier alpha value is -3.77. The molecule has 294 valence electrons. The van der Waals surface area contributed by atoms with Crippen molar-refractivity contribution in [2.75, 3.05) is 20.6 Å². The van der Waals surface area contributed by atoms with Crippen molar-refractivity contribution in [3.8, 4) is 0 Å². The number of nitrogens with one attached hydrogen (secondary N) is 1. The average molecular weight is 732 g/mol. The van der Waals surface area contributed by atoms with Crippen LogP contribution in [0.2, 0.25) is 0 Å². The van der Waals surface area contributed by atoms with Crippen molar-refractivity contribution in [1.82, 2.24) is 24.9 Å². The Bertz CT molecular complexity index is 1330. The van der Waals surface area contributed by atoms with Gasteiger partial charge in [0.15, 0.2) is 0 Å². The monoisotopic (exact) mass is 731 g/mol. The number of unbranched alkanes of at least 4 members (excludes halogenated alkanes) is 1. The summed E-state index contributed by atoms with van der Waals surface area (Å²) in [5, 5.41) is 2.80. The predicted molar refractivity (Wildman–Crippen MR) is 198 cm³/mol. The molecule has 1 N–H and O–H groups in total. The fourth-order valence-electron chi connectivity index (χ4n) is 7.49. The SMILES string of the molecule is CCCC[C@H](C)C[C@@H](C)C(=O)N(C)[C@@H](CC(C)C)C(=O)N[C@H](C(=O)N(C)[C@H](C(=O)N1CCC[C@@H]1C(=O)N1C(=O)C=C[C@H]1C)C(C)C)[C@H](C)OC(C)=O. The second kappa shape index (κ2) is 19.9. The van der Waals surface area contributed by atoms with Crippen LogP contribution in [0.4, 0.5) is 0 Å². The maximum absolute atomic E-state index is 14.4. The van der Waals surface area contributed by atoms with Crippen molar-refractivity contribution in [2.45, 2.75) is 150 Å². The normalized spacial score (nSPS) is 20.7. The van der Waals surface area contributed by atoms with Gasteiger partial charge in [0.05, 0.1) is 6.04 Å². The zero-order valence-corrected chi connectivity index (χ0v) is 33.6. The molecule has 0 bridgehead atoms. The molecule has 13 heteroatoms. The number of rotatable bonds is 18. The highest BCUT2D eigenvalue weighted by Gasteiger charge is 2.46. The number of carbonyl (C=O) groups excluding carboxylic acids is 7. The maximum atomic E-state index is 14.4. The number of nitrogens with zero attached hydrogens (tertiary/aromatic N) is 4. The van der Waals surface area contributed by atoms with Gasteiger partial charge in [-0.3, -0.25) is 38.5 Å². The molecule has 2 aliphatic heterocycles. The number of likely N-dealkylation sites (tertiary alicyclic amines) is 1. The van der Waals surface area contributed by atoms with Crippen LogP contribution in [-0.2, 0) is 38.3 Å². The van der Waals surface area contributed by atoms with Crippen LogP contribution in [0, 0.1) is 23.7 Å².